The summed E-state index contributed by atoms with van der Waals surface area (Å²) in [5.74, 6) is 1.46. The third kappa shape index (κ3) is 5.27. The van der Waals surface area contributed by atoms with E-state index in [2.05, 4.69) is 24.4 Å². The van der Waals surface area contributed by atoms with E-state index in [4.69, 9.17) is 9.47 Å². The fourth-order valence-electron chi connectivity index (χ4n) is 2.40. The van der Waals surface area contributed by atoms with Gasteiger partial charge in [0.15, 0.2) is 11.5 Å². The van der Waals surface area contributed by atoms with Crippen LogP contribution in [-0.2, 0) is 13.2 Å². The van der Waals surface area contributed by atoms with Gasteiger partial charge in [0.05, 0.1) is 13.2 Å². The number of aliphatic hydroxyl groups is 1. The van der Waals surface area contributed by atoms with E-state index in [0.29, 0.717) is 25.4 Å². The fraction of sp³-hybridized carbons (Fsp3) is 0.368. The second kappa shape index (κ2) is 8.56. The van der Waals surface area contributed by atoms with Crippen molar-refractivity contribution in [2.45, 2.75) is 33.1 Å². The zero-order chi connectivity index (χ0) is 16.7. The molecule has 124 valence electrons. The first kappa shape index (κ1) is 17.3. The molecule has 0 spiro atoms. The van der Waals surface area contributed by atoms with Gasteiger partial charge in [-0.1, -0.05) is 42.0 Å². The van der Waals surface area contributed by atoms with E-state index in [0.717, 1.165) is 16.9 Å². The van der Waals surface area contributed by atoms with E-state index < -0.39 is 0 Å². The van der Waals surface area contributed by atoms with Gasteiger partial charge in [0.1, 0.15) is 6.61 Å². The average Bonchev–Trinajstić information content (AvgIpc) is 2.53. The summed E-state index contributed by atoms with van der Waals surface area (Å²) in [6.45, 7) is 5.47. The molecule has 0 aliphatic carbocycles. The van der Waals surface area contributed by atoms with E-state index in [-0.39, 0.29) is 6.10 Å². The lowest BCUT2D eigenvalue weighted by atomic mass is 10.1. The van der Waals surface area contributed by atoms with Crippen LogP contribution < -0.4 is 14.8 Å². The number of aryl methyl sites for hydroxylation is 1. The predicted molar refractivity (Wildman–Crippen MR) is 91.9 cm³/mol. The molecule has 2 aromatic carbocycles. The van der Waals surface area contributed by atoms with Crippen LogP contribution in [0.2, 0.25) is 0 Å². The van der Waals surface area contributed by atoms with Gasteiger partial charge in [0.25, 0.3) is 0 Å². The molecule has 0 aliphatic rings. The SMILES string of the molecule is COc1cccc(CNC[C@H](C)O)c1OCc1cccc(C)c1. The molecule has 2 N–H and O–H groups in total. The average molecular weight is 315 g/mol. The Bertz CT molecular complexity index is 626. The molecule has 0 saturated heterocycles. The summed E-state index contributed by atoms with van der Waals surface area (Å²) >= 11 is 0. The second-order valence-electron chi connectivity index (χ2n) is 5.71. The van der Waals surface area contributed by atoms with Crippen molar-refractivity contribution in [2.24, 2.45) is 0 Å². The molecule has 0 amide bonds. The van der Waals surface area contributed by atoms with E-state index in [9.17, 15) is 5.11 Å². The number of benzene rings is 2. The number of rotatable bonds is 8. The zero-order valence-electron chi connectivity index (χ0n) is 14.0. The molecule has 0 radical (unpaired) electrons. The number of hydrogen-bond donors (Lipinski definition) is 2. The predicted octanol–water partition coefficient (Wildman–Crippen LogP) is 3.05. The van der Waals surface area contributed by atoms with E-state index in [1.54, 1.807) is 14.0 Å². The maximum Gasteiger partial charge on any atom is 0.166 e. The summed E-state index contributed by atoms with van der Waals surface area (Å²) in [4.78, 5) is 0. The molecule has 2 rings (SSSR count). The van der Waals surface area contributed by atoms with Crippen LogP contribution in [0.1, 0.15) is 23.6 Å². The van der Waals surface area contributed by atoms with Crippen molar-refractivity contribution in [1.29, 1.82) is 0 Å². The van der Waals surface area contributed by atoms with Gasteiger partial charge in [-0.2, -0.15) is 0 Å². The van der Waals surface area contributed by atoms with E-state index in [1.807, 2.05) is 30.3 Å². The van der Waals surface area contributed by atoms with Crippen LogP contribution >= 0.6 is 0 Å². The van der Waals surface area contributed by atoms with Crippen molar-refractivity contribution >= 4 is 0 Å². The van der Waals surface area contributed by atoms with Crippen LogP contribution in [0.25, 0.3) is 0 Å². The number of ether oxygens (including phenoxy) is 2. The van der Waals surface area contributed by atoms with Crippen molar-refractivity contribution in [3.8, 4) is 11.5 Å². The van der Waals surface area contributed by atoms with Gasteiger partial charge in [0.2, 0.25) is 0 Å². The highest BCUT2D eigenvalue weighted by molar-refractivity contribution is 5.46. The molecular formula is C19H25NO3. The van der Waals surface area contributed by atoms with Crippen molar-refractivity contribution in [3.05, 3.63) is 59.2 Å². The third-order valence-corrected chi connectivity index (χ3v) is 3.50. The van der Waals surface area contributed by atoms with Crippen LogP contribution in [0.4, 0.5) is 0 Å². The highest BCUT2D eigenvalue weighted by atomic mass is 16.5. The molecule has 0 aromatic heterocycles. The standard InChI is InChI=1S/C19H25NO3/c1-14-6-4-7-16(10-14)13-23-19-17(12-20-11-15(2)21)8-5-9-18(19)22-3/h4-10,15,20-21H,11-13H2,1-3H3/t15-/m0/s1. The minimum atomic E-state index is -0.378. The lowest BCUT2D eigenvalue weighted by Gasteiger charge is -2.16. The molecule has 0 heterocycles. The summed E-state index contributed by atoms with van der Waals surface area (Å²) in [5, 5.41) is 12.6. The second-order valence-corrected chi connectivity index (χ2v) is 5.71. The third-order valence-electron chi connectivity index (χ3n) is 3.50. The molecule has 0 saturated carbocycles. The first-order valence-corrected chi connectivity index (χ1v) is 7.83. The Morgan fingerprint density at radius 3 is 2.65 bits per heavy atom. The van der Waals surface area contributed by atoms with Gasteiger partial charge in [0, 0.05) is 18.7 Å². The van der Waals surface area contributed by atoms with Gasteiger partial charge in [-0.3, -0.25) is 0 Å². The summed E-state index contributed by atoms with van der Waals surface area (Å²) < 4.78 is 11.5. The maximum absolute atomic E-state index is 9.36. The highest BCUT2D eigenvalue weighted by Gasteiger charge is 2.11. The van der Waals surface area contributed by atoms with Crippen LogP contribution in [0.3, 0.4) is 0 Å². The topological polar surface area (TPSA) is 50.7 Å². The largest absolute Gasteiger partial charge is 0.493 e. The summed E-state index contributed by atoms with van der Waals surface area (Å²) in [5.41, 5.74) is 3.35. The number of aliphatic hydroxyl groups excluding tert-OH is 1. The van der Waals surface area contributed by atoms with Crippen LogP contribution in [0, 0.1) is 6.92 Å². The fourth-order valence-corrected chi connectivity index (χ4v) is 2.40. The van der Waals surface area contributed by atoms with Crippen LogP contribution in [0.15, 0.2) is 42.5 Å². The van der Waals surface area contributed by atoms with Crippen molar-refractivity contribution in [1.82, 2.24) is 5.32 Å². The quantitative estimate of drug-likeness (QED) is 0.786. The molecule has 4 heteroatoms. The van der Waals surface area contributed by atoms with Gasteiger partial charge in [-0.05, 0) is 25.5 Å². The number of methoxy groups -OCH3 is 1. The summed E-state index contributed by atoms with van der Waals surface area (Å²) in [6, 6.07) is 14.1. The highest BCUT2D eigenvalue weighted by Crippen LogP contribution is 2.31. The van der Waals surface area contributed by atoms with Crippen molar-refractivity contribution < 1.29 is 14.6 Å². The first-order chi connectivity index (χ1) is 11.1. The monoisotopic (exact) mass is 315 g/mol. The van der Waals surface area contributed by atoms with Gasteiger partial charge < -0.3 is 19.9 Å². The van der Waals surface area contributed by atoms with Crippen LogP contribution in [0.5, 0.6) is 11.5 Å². The molecule has 1 atom stereocenters. The lowest BCUT2D eigenvalue weighted by Crippen LogP contribution is -2.24. The van der Waals surface area contributed by atoms with Crippen molar-refractivity contribution in [2.75, 3.05) is 13.7 Å². The molecule has 0 aliphatic heterocycles. The normalized spacial score (nSPS) is 12.0. The Morgan fingerprint density at radius 1 is 1.17 bits per heavy atom. The van der Waals surface area contributed by atoms with E-state index in [1.165, 1.54) is 5.56 Å². The number of para-hydroxylation sites is 1. The van der Waals surface area contributed by atoms with Gasteiger partial charge >= 0.3 is 0 Å². The minimum Gasteiger partial charge on any atom is -0.493 e. The van der Waals surface area contributed by atoms with Gasteiger partial charge in [-0.25, -0.2) is 0 Å². The molecule has 4 nitrogen and oxygen atoms in total. The Hall–Kier alpha value is -2.04. The Kier molecular flexibility index (Phi) is 6.44. The summed E-state index contributed by atoms with van der Waals surface area (Å²) in [6.07, 6.45) is -0.378. The minimum absolute atomic E-state index is 0.378. The lowest BCUT2D eigenvalue weighted by molar-refractivity contribution is 0.190. The Morgan fingerprint density at radius 2 is 1.96 bits per heavy atom. The molecule has 0 fully saturated rings. The maximum atomic E-state index is 9.36. The number of nitrogens with one attached hydrogen (secondary N) is 1. The first-order valence-electron chi connectivity index (χ1n) is 7.83. The molecule has 2 aromatic rings. The molecule has 0 unspecified atom stereocenters. The number of hydrogen-bond acceptors (Lipinski definition) is 4. The van der Waals surface area contributed by atoms with E-state index >= 15 is 0 Å². The van der Waals surface area contributed by atoms with Crippen molar-refractivity contribution in [3.63, 3.8) is 0 Å². The Balaban J connectivity index is 2.11. The van der Waals surface area contributed by atoms with Gasteiger partial charge in [-0.15, -0.1) is 0 Å². The van der Waals surface area contributed by atoms with Crippen LogP contribution in [-0.4, -0.2) is 24.9 Å². The zero-order valence-corrected chi connectivity index (χ0v) is 14.0. The summed E-state index contributed by atoms with van der Waals surface area (Å²) in [7, 11) is 1.64. The molecule has 23 heavy (non-hydrogen) atoms. The smallest absolute Gasteiger partial charge is 0.166 e. The molecule has 0 bridgehead atoms. The Labute approximate surface area is 138 Å². The molecular weight excluding hydrogens is 290 g/mol.